The lowest BCUT2D eigenvalue weighted by atomic mass is 10.0. The molecule has 168 valence electrons. The van der Waals surface area contributed by atoms with Crippen LogP contribution in [0.2, 0.25) is 0 Å². The highest BCUT2D eigenvalue weighted by Gasteiger charge is 2.19. The smallest absolute Gasteiger partial charge is 0.256 e. The van der Waals surface area contributed by atoms with Crippen molar-refractivity contribution in [3.05, 3.63) is 77.5 Å². The number of aryl methyl sites for hydroxylation is 2. The molecule has 2 aromatic carbocycles. The van der Waals surface area contributed by atoms with Crippen LogP contribution in [0.25, 0.3) is 22.3 Å². The zero-order chi connectivity index (χ0) is 22.8. The van der Waals surface area contributed by atoms with Crippen LogP contribution in [0.3, 0.4) is 0 Å². The minimum Gasteiger partial charge on any atom is -0.379 e. The maximum absolute atomic E-state index is 13.4. The molecule has 3 heterocycles. The summed E-state index contributed by atoms with van der Waals surface area (Å²) >= 11 is 0. The van der Waals surface area contributed by atoms with Crippen LogP contribution in [0.15, 0.2) is 60.7 Å². The summed E-state index contributed by atoms with van der Waals surface area (Å²) < 4.78 is 7.15. The van der Waals surface area contributed by atoms with Gasteiger partial charge in [0.15, 0.2) is 5.65 Å². The van der Waals surface area contributed by atoms with Gasteiger partial charge in [0.1, 0.15) is 0 Å². The largest absolute Gasteiger partial charge is 0.379 e. The van der Waals surface area contributed by atoms with Crippen LogP contribution < -0.4 is 5.32 Å². The quantitative estimate of drug-likeness (QED) is 0.506. The first kappa shape index (κ1) is 21.3. The predicted molar refractivity (Wildman–Crippen MR) is 129 cm³/mol. The van der Waals surface area contributed by atoms with Gasteiger partial charge in [-0.2, -0.15) is 5.10 Å². The summed E-state index contributed by atoms with van der Waals surface area (Å²) in [5, 5.41) is 8.34. The van der Waals surface area contributed by atoms with Gasteiger partial charge in [0.05, 0.1) is 35.6 Å². The lowest BCUT2D eigenvalue weighted by Crippen LogP contribution is -2.35. The molecule has 5 rings (SSSR count). The van der Waals surface area contributed by atoms with E-state index >= 15 is 0 Å². The average molecular weight is 442 g/mol. The molecule has 7 heteroatoms. The Kier molecular flexibility index (Phi) is 5.90. The standard InChI is InChI=1S/C26H27N5O2/c1-18-24-22(16-23(20-6-4-3-5-7-20)28-25(24)30(2)29-18)26(32)27-21-10-8-19(9-11-21)17-31-12-14-33-15-13-31/h3-11,16H,12-15,17H2,1-2H3,(H,27,32). The van der Waals surface area contributed by atoms with Crippen LogP contribution >= 0.6 is 0 Å². The van der Waals surface area contributed by atoms with Gasteiger partial charge >= 0.3 is 0 Å². The first-order valence-electron chi connectivity index (χ1n) is 11.2. The van der Waals surface area contributed by atoms with Crippen molar-refractivity contribution < 1.29 is 9.53 Å². The van der Waals surface area contributed by atoms with E-state index in [1.165, 1.54) is 5.56 Å². The molecule has 0 unspecified atom stereocenters. The fraction of sp³-hybridized carbons (Fsp3) is 0.269. The Bertz CT molecular complexity index is 1280. The van der Waals surface area contributed by atoms with Gasteiger partial charge in [0, 0.05) is 37.9 Å². The highest BCUT2D eigenvalue weighted by atomic mass is 16.5. The van der Waals surface area contributed by atoms with Gasteiger partial charge in [-0.15, -0.1) is 0 Å². The number of hydrogen-bond acceptors (Lipinski definition) is 5. The molecule has 1 saturated heterocycles. The van der Waals surface area contributed by atoms with Gasteiger partial charge < -0.3 is 10.1 Å². The van der Waals surface area contributed by atoms with Gasteiger partial charge in [-0.3, -0.25) is 14.4 Å². The summed E-state index contributed by atoms with van der Waals surface area (Å²) in [5.74, 6) is -0.170. The minimum absolute atomic E-state index is 0.170. The number of morpholine rings is 1. The number of carbonyl (C=O) groups excluding carboxylic acids is 1. The van der Waals surface area contributed by atoms with Crippen molar-refractivity contribution in [3.63, 3.8) is 0 Å². The minimum atomic E-state index is -0.170. The van der Waals surface area contributed by atoms with Crippen molar-refractivity contribution in [2.75, 3.05) is 31.6 Å². The molecule has 0 radical (unpaired) electrons. The summed E-state index contributed by atoms with van der Waals surface area (Å²) in [7, 11) is 1.85. The molecule has 0 spiro atoms. The Labute approximate surface area is 193 Å². The number of benzene rings is 2. The molecule has 0 atom stereocenters. The van der Waals surface area contributed by atoms with Gasteiger partial charge in [-0.25, -0.2) is 4.98 Å². The van der Waals surface area contributed by atoms with Crippen molar-refractivity contribution in [2.24, 2.45) is 7.05 Å². The molecule has 2 aromatic heterocycles. The van der Waals surface area contributed by atoms with E-state index in [0.717, 1.165) is 60.9 Å². The number of fused-ring (bicyclic) bond motifs is 1. The topological polar surface area (TPSA) is 72.3 Å². The zero-order valence-electron chi connectivity index (χ0n) is 18.9. The number of nitrogens with one attached hydrogen (secondary N) is 1. The lowest BCUT2D eigenvalue weighted by Gasteiger charge is -2.26. The van der Waals surface area contributed by atoms with Crippen molar-refractivity contribution in [3.8, 4) is 11.3 Å². The third-order valence-corrected chi connectivity index (χ3v) is 6.00. The normalized spacial score (nSPS) is 14.5. The SMILES string of the molecule is Cc1nn(C)c2nc(-c3ccccc3)cc(C(=O)Nc3ccc(CN4CCOCC4)cc3)c12. The fourth-order valence-corrected chi connectivity index (χ4v) is 4.29. The number of rotatable bonds is 5. The number of nitrogens with zero attached hydrogens (tertiary/aromatic N) is 4. The highest BCUT2D eigenvalue weighted by Crippen LogP contribution is 2.27. The molecule has 4 aromatic rings. The maximum Gasteiger partial charge on any atom is 0.256 e. The second kappa shape index (κ2) is 9.13. The number of amides is 1. The van der Waals surface area contributed by atoms with Crippen LogP contribution in [-0.4, -0.2) is 51.9 Å². The Morgan fingerprint density at radius 2 is 1.79 bits per heavy atom. The highest BCUT2D eigenvalue weighted by molar-refractivity contribution is 6.13. The number of aromatic nitrogens is 3. The molecule has 1 fully saturated rings. The fourth-order valence-electron chi connectivity index (χ4n) is 4.29. The molecule has 0 saturated carbocycles. The van der Waals surface area contributed by atoms with Crippen molar-refractivity contribution >= 4 is 22.6 Å². The average Bonchev–Trinajstić information content (AvgIpc) is 3.14. The third-order valence-electron chi connectivity index (χ3n) is 6.00. The van der Waals surface area contributed by atoms with E-state index in [2.05, 4.69) is 27.4 Å². The Balaban J connectivity index is 1.42. The van der Waals surface area contributed by atoms with Crippen molar-refractivity contribution in [1.82, 2.24) is 19.7 Å². The summed E-state index contributed by atoms with van der Waals surface area (Å²) in [4.78, 5) is 20.5. The van der Waals surface area contributed by atoms with Crippen LogP contribution in [0, 0.1) is 6.92 Å². The Morgan fingerprint density at radius 3 is 2.52 bits per heavy atom. The molecule has 1 aliphatic heterocycles. The molecule has 0 aliphatic carbocycles. The Hall–Kier alpha value is -3.55. The van der Waals surface area contributed by atoms with Crippen LogP contribution in [0.1, 0.15) is 21.6 Å². The number of anilines is 1. The molecular weight excluding hydrogens is 414 g/mol. The van der Waals surface area contributed by atoms with E-state index < -0.39 is 0 Å². The molecular formula is C26H27N5O2. The van der Waals surface area contributed by atoms with E-state index in [1.807, 2.05) is 62.5 Å². The van der Waals surface area contributed by atoms with Gasteiger partial charge in [0.25, 0.3) is 5.91 Å². The summed E-state index contributed by atoms with van der Waals surface area (Å²) in [6, 6.07) is 19.8. The van der Waals surface area contributed by atoms with E-state index in [4.69, 9.17) is 9.72 Å². The molecule has 0 bridgehead atoms. The lowest BCUT2D eigenvalue weighted by molar-refractivity contribution is 0.0342. The molecule has 1 amide bonds. The van der Waals surface area contributed by atoms with E-state index in [9.17, 15) is 4.79 Å². The number of hydrogen-bond donors (Lipinski definition) is 1. The maximum atomic E-state index is 13.4. The predicted octanol–water partition coefficient (Wildman–Crippen LogP) is 4.03. The number of carbonyl (C=O) groups is 1. The van der Waals surface area contributed by atoms with E-state index in [-0.39, 0.29) is 5.91 Å². The first-order valence-corrected chi connectivity index (χ1v) is 11.2. The van der Waals surface area contributed by atoms with Crippen LogP contribution in [-0.2, 0) is 18.3 Å². The molecule has 7 nitrogen and oxygen atoms in total. The van der Waals surface area contributed by atoms with Crippen molar-refractivity contribution in [2.45, 2.75) is 13.5 Å². The summed E-state index contributed by atoms with van der Waals surface area (Å²) in [6.07, 6.45) is 0. The van der Waals surface area contributed by atoms with E-state index in [0.29, 0.717) is 11.2 Å². The van der Waals surface area contributed by atoms with Crippen LogP contribution in [0.4, 0.5) is 5.69 Å². The van der Waals surface area contributed by atoms with E-state index in [1.54, 1.807) is 4.68 Å². The van der Waals surface area contributed by atoms with Gasteiger partial charge in [0.2, 0.25) is 0 Å². The second-order valence-corrected chi connectivity index (χ2v) is 8.37. The molecule has 33 heavy (non-hydrogen) atoms. The van der Waals surface area contributed by atoms with Crippen LogP contribution in [0.5, 0.6) is 0 Å². The Morgan fingerprint density at radius 1 is 1.06 bits per heavy atom. The number of pyridine rings is 1. The summed E-state index contributed by atoms with van der Waals surface area (Å²) in [6.45, 7) is 6.26. The van der Waals surface area contributed by atoms with Gasteiger partial charge in [-0.05, 0) is 30.7 Å². The number of ether oxygens (including phenoxy) is 1. The first-order chi connectivity index (χ1) is 16.1. The monoisotopic (exact) mass is 441 g/mol. The third kappa shape index (κ3) is 4.51. The zero-order valence-corrected chi connectivity index (χ0v) is 18.9. The van der Waals surface area contributed by atoms with Crippen molar-refractivity contribution in [1.29, 1.82) is 0 Å². The molecule has 1 aliphatic rings. The molecule has 1 N–H and O–H groups in total. The second-order valence-electron chi connectivity index (χ2n) is 8.37. The summed E-state index contributed by atoms with van der Waals surface area (Å²) in [5.41, 5.74) is 5.73. The van der Waals surface area contributed by atoms with Gasteiger partial charge in [-0.1, -0.05) is 42.5 Å².